The van der Waals surface area contributed by atoms with Crippen molar-refractivity contribution in [2.45, 2.75) is 19.4 Å². The van der Waals surface area contributed by atoms with Gasteiger partial charge in [-0.05, 0) is 19.0 Å². The van der Waals surface area contributed by atoms with Gasteiger partial charge in [-0.15, -0.1) is 11.3 Å². The van der Waals surface area contributed by atoms with Crippen LogP contribution in [0.3, 0.4) is 0 Å². The van der Waals surface area contributed by atoms with Crippen LogP contribution in [0.25, 0.3) is 0 Å². The molecule has 3 heterocycles. The summed E-state index contributed by atoms with van der Waals surface area (Å²) < 4.78 is 0. The summed E-state index contributed by atoms with van der Waals surface area (Å²) in [5.41, 5.74) is 1.79. The number of anilines is 1. The average molecular weight is 291 g/mol. The molecule has 0 bridgehead atoms. The lowest BCUT2D eigenvalue weighted by Gasteiger charge is -2.21. The number of likely N-dealkylation sites (N-methyl/N-ethyl adjacent to an activating group) is 1. The molecule has 2 aliphatic heterocycles. The lowest BCUT2D eigenvalue weighted by atomic mass is 10.0. The molecule has 1 atom stereocenters. The Morgan fingerprint density at radius 2 is 2.35 bits per heavy atom. The molecule has 6 heteroatoms. The van der Waals surface area contributed by atoms with Gasteiger partial charge in [0.05, 0.1) is 5.56 Å². The first-order valence-corrected chi connectivity index (χ1v) is 7.60. The molecule has 2 aliphatic rings. The number of nitrogens with zero attached hydrogens (tertiary/aromatic N) is 3. The monoisotopic (exact) mass is 291 g/mol. The van der Waals surface area contributed by atoms with Gasteiger partial charge in [0.15, 0.2) is 0 Å². The smallest absolute Gasteiger partial charge is 0.228 e. The number of fused-ring (bicyclic) bond motifs is 1. The van der Waals surface area contributed by atoms with Crippen LogP contribution in [-0.2, 0) is 17.8 Å². The van der Waals surface area contributed by atoms with E-state index in [-0.39, 0.29) is 18.4 Å². The SMILES string of the molecule is CN1CCc2c(sc(N3CC(CO)CC3=O)c2C#N)C1. The summed E-state index contributed by atoms with van der Waals surface area (Å²) in [5, 5.41) is 19.5. The van der Waals surface area contributed by atoms with Gasteiger partial charge >= 0.3 is 0 Å². The Morgan fingerprint density at radius 1 is 1.55 bits per heavy atom. The zero-order valence-corrected chi connectivity index (χ0v) is 12.2. The largest absolute Gasteiger partial charge is 0.396 e. The molecule has 5 nitrogen and oxygen atoms in total. The van der Waals surface area contributed by atoms with E-state index in [1.54, 1.807) is 16.2 Å². The highest BCUT2D eigenvalue weighted by atomic mass is 32.1. The number of aliphatic hydroxyl groups is 1. The van der Waals surface area contributed by atoms with Crippen molar-refractivity contribution in [1.82, 2.24) is 4.90 Å². The Balaban J connectivity index is 1.98. The predicted molar refractivity (Wildman–Crippen MR) is 76.6 cm³/mol. The van der Waals surface area contributed by atoms with Gasteiger partial charge in [0.25, 0.3) is 0 Å². The van der Waals surface area contributed by atoms with E-state index < -0.39 is 0 Å². The summed E-state index contributed by atoms with van der Waals surface area (Å²) in [6.07, 6.45) is 1.25. The molecule has 1 N–H and O–H groups in total. The fraction of sp³-hybridized carbons (Fsp3) is 0.571. The van der Waals surface area contributed by atoms with Gasteiger partial charge in [0.2, 0.25) is 5.91 Å². The summed E-state index contributed by atoms with van der Waals surface area (Å²) >= 11 is 1.56. The number of carbonyl (C=O) groups is 1. The van der Waals surface area contributed by atoms with Gasteiger partial charge in [0.1, 0.15) is 11.1 Å². The van der Waals surface area contributed by atoms with Crippen LogP contribution in [0, 0.1) is 17.2 Å². The third-order valence-corrected chi connectivity index (χ3v) is 5.29. The number of hydrogen-bond acceptors (Lipinski definition) is 5. The number of aliphatic hydroxyl groups excluding tert-OH is 1. The zero-order chi connectivity index (χ0) is 14.3. The Hall–Kier alpha value is -1.42. The molecule has 0 spiro atoms. The van der Waals surface area contributed by atoms with Crippen molar-refractivity contribution in [3.05, 3.63) is 16.0 Å². The molecular weight excluding hydrogens is 274 g/mol. The normalized spacial score (nSPS) is 22.9. The van der Waals surface area contributed by atoms with E-state index in [1.807, 2.05) is 0 Å². The Labute approximate surface area is 122 Å². The minimum atomic E-state index is -0.00385. The van der Waals surface area contributed by atoms with Crippen molar-refractivity contribution < 1.29 is 9.90 Å². The molecule has 1 unspecified atom stereocenters. The van der Waals surface area contributed by atoms with Crippen LogP contribution in [0.1, 0.15) is 22.4 Å². The van der Waals surface area contributed by atoms with E-state index >= 15 is 0 Å². The maximum atomic E-state index is 12.1. The predicted octanol–water partition coefficient (Wildman–Crippen LogP) is 0.953. The summed E-state index contributed by atoms with van der Waals surface area (Å²) in [5.74, 6) is 0.0170. The van der Waals surface area contributed by atoms with Crippen LogP contribution in [0.5, 0.6) is 0 Å². The van der Waals surface area contributed by atoms with Gasteiger partial charge in [-0.1, -0.05) is 0 Å². The molecule has 1 saturated heterocycles. The van der Waals surface area contributed by atoms with Crippen molar-refractivity contribution >= 4 is 22.2 Å². The van der Waals surface area contributed by atoms with E-state index in [9.17, 15) is 15.2 Å². The minimum absolute atomic E-state index is 0.00385. The minimum Gasteiger partial charge on any atom is -0.396 e. The first-order chi connectivity index (χ1) is 9.63. The van der Waals surface area contributed by atoms with E-state index in [2.05, 4.69) is 18.0 Å². The van der Waals surface area contributed by atoms with Crippen molar-refractivity contribution in [2.75, 3.05) is 31.6 Å². The molecule has 1 aromatic heterocycles. The first kappa shape index (κ1) is 13.6. The number of thiophene rings is 1. The lowest BCUT2D eigenvalue weighted by Crippen LogP contribution is -2.26. The summed E-state index contributed by atoms with van der Waals surface area (Å²) in [7, 11) is 2.07. The second-order valence-electron chi connectivity index (χ2n) is 5.54. The first-order valence-electron chi connectivity index (χ1n) is 6.78. The molecule has 1 aromatic rings. The average Bonchev–Trinajstić information content (AvgIpc) is 2.97. The number of rotatable bonds is 2. The highest BCUT2D eigenvalue weighted by Crippen LogP contribution is 2.40. The van der Waals surface area contributed by atoms with Crippen LogP contribution < -0.4 is 4.90 Å². The second kappa shape index (κ2) is 5.17. The van der Waals surface area contributed by atoms with Gasteiger partial charge < -0.3 is 14.9 Å². The number of amides is 1. The number of carbonyl (C=O) groups excluding carboxylic acids is 1. The van der Waals surface area contributed by atoms with Crippen LogP contribution in [0.2, 0.25) is 0 Å². The van der Waals surface area contributed by atoms with Crippen LogP contribution in [0.4, 0.5) is 5.00 Å². The summed E-state index contributed by atoms with van der Waals surface area (Å²) in [4.78, 5) is 17.2. The maximum Gasteiger partial charge on any atom is 0.228 e. The Bertz CT molecular complexity index is 590. The fourth-order valence-electron chi connectivity index (χ4n) is 2.92. The number of hydrogen-bond donors (Lipinski definition) is 1. The highest BCUT2D eigenvalue weighted by molar-refractivity contribution is 7.16. The van der Waals surface area contributed by atoms with Gasteiger partial charge in [-0.2, -0.15) is 5.26 Å². The fourth-order valence-corrected chi connectivity index (χ4v) is 4.33. The lowest BCUT2D eigenvalue weighted by molar-refractivity contribution is -0.117. The molecule has 0 saturated carbocycles. The van der Waals surface area contributed by atoms with E-state index in [4.69, 9.17) is 0 Å². The molecule has 106 valence electrons. The Kier molecular flexibility index (Phi) is 3.50. The van der Waals surface area contributed by atoms with Crippen molar-refractivity contribution in [3.8, 4) is 6.07 Å². The molecule has 20 heavy (non-hydrogen) atoms. The van der Waals surface area contributed by atoms with Crippen molar-refractivity contribution in [1.29, 1.82) is 5.26 Å². The summed E-state index contributed by atoms with van der Waals surface area (Å²) in [6.45, 7) is 2.35. The zero-order valence-electron chi connectivity index (χ0n) is 11.4. The van der Waals surface area contributed by atoms with E-state index in [0.717, 1.165) is 30.1 Å². The van der Waals surface area contributed by atoms with Gasteiger partial charge in [-0.3, -0.25) is 4.79 Å². The van der Waals surface area contributed by atoms with Gasteiger partial charge in [-0.25, -0.2) is 0 Å². The summed E-state index contributed by atoms with van der Waals surface area (Å²) in [6, 6.07) is 2.28. The van der Waals surface area contributed by atoms with Crippen LogP contribution >= 0.6 is 11.3 Å². The molecule has 3 rings (SSSR count). The van der Waals surface area contributed by atoms with Crippen molar-refractivity contribution in [3.63, 3.8) is 0 Å². The van der Waals surface area contributed by atoms with E-state index in [1.165, 1.54) is 4.88 Å². The standard InChI is InChI=1S/C14H17N3O2S/c1-16-3-2-10-11(5-15)14(20-12(10)7-16)17-6-9(8-18)4-13(17)19/h9,18H,2-4,6-8H2,1H3. The van der Waals surface area contributed by atoms with E-state index in [0.29, 0.717) is 18.5 Å². The number of nitriles is 1. The van der Waals surface area contributed by atoms with Crippen LogP contribution in [-0.4, -0.2) is 42.7 Å². The molecule has 1 amide bonds. The van der Waals surface area contributed by atoms with Crippen LogP contribution in [0.15, 0.2) is 0 Å². The quantitative estimate of drug-likeness (QED) is 0.881. The molecular formula is C14H17N3O2S. The highest BCUT2D eigenvalue weighted by Gasteiger charge is 2.34. The molecule has 0 aliphatic carbocycles. The third kappa shape index (κ3) is 2.12. The van der Waals surface area contributed by atoms with Crippen molar-refractivity contribution in [2.24, 2.45) is 5.92 Å². The molecule has 0 radical (unpaired) electrons. The molecule has 0 aromatic carbocycles. The Morgan fingerprint density at radius 3 is 3.00 bits per heavy atom. The second-order valence-corrected chi connectivity index (χ2v) is 6.62. The topological polar surface area (TPSA) is 67.6 Å². The third-order valence-electron chi connectivity index (χ3n) is 4.05. The maximum absolute atomic E-state index is 12.1. The van der Waals surface area contributed by atoms with Gasteiger partial charge in [0, 0.05) is 43.5 Å². The molecule has 1 fully saturated rings.